The normalized spacial score (nSPS) is 35.6. The minimum atomic E-state index is -0.938. The van der Waals surface area contributed by atoms with Crippen molar-refractivity contribution in [3.8, 4) is 5.75 Å². The highest BCUT2D eigenvalue weighted by molar-refractivity contribution is 6.07. The van der Waals surface area contributed by atoms with E-state index in [0.717, 1.165) is 31.7 Å². The van der Waals surface area contributed by atoms with Gasteiger partial charge in [0.1, 0.15) is 11.2 Å². The van der Waals surface area contributed by atoms with Crippen molar-refractivity contribution in [3.63, 3.8) is 0 Å². The van der Waals surface area contributed by atoms with Gasteiger partial charge in [0.2, 0.25) is 11.8 Å². The SMILES string of the molecule is COc1ccccc1[C@@H]1CN(C(=O)C2(C(N)=O)CC2)[C@H]2C3CCN(CC3)[C@@H]12. The second kappa shape index (κ2) is 5.96. The van der Waals surface area contributed by atoms with Crippen LogP contribution in [0.1, 0.15) is 37.2 Å². The number of methoxy groups -OCH3 is 1. The third-order valence-electron chi connectivity index (χ3n) is 7.42. The summed E-state index contributed by atoms with van der Waals surface area (Å²) in [5.41, 5.74) is 5.85. The van der Waals surface area contributed by atoms with Crippen molar-refractivity contribution in [3.05, 3.63) is 29.8 Å². The summed E-state index contributed by atoms with van der Waals surface area (Å²) in [6, 6.07) is 8.64. The van der Waals surface area contributed by atoms with Gasteiger partial charge in [-0.1, -0.05) is 18.2 Å². The molecule has 2 N–H and O–H groups in total. The van der Waals surface area contributed by atoms with Crippen LogP contribution in [0.25, 0.3) is 0 Å². The van der Waals surface area contributed by atoms with E-state index in [4.69, 9.17) is 10.5 Å². The van der Waals surface area contributed by atoms with Crippen molar-refractivity contribution in [2.75, 3.05) is 26.7 Å². The molecule has 27 heavy (non-hydrogen) atoms. The fourth-order valence-electron chi connectivity index (χ4n) is 5.87. The molecule has 2 amide bonds. The van der Waals surface area contributed by atoms with Crippen LogP contribution in [0.2, 0.25) is 0 Å². The van der Waals surface area contributed by atoms with Gasteiger partial charge in [-0.2, -0.15) is 0 Å². The largest absolute Gasteiger partial charge is 0.496 e. The number of fused-ring (bicyclic) bond motifs is 2. The Labute approximate surface area is 159 Å². The van der Waals surface area contributed by atoms with Gasteiger partial charge in [-0.05, 0) is 50.8 Å². The first-order valence-electron chi connectivity index (χ1n) is 10.0. The molecule has 6 heteroatoms. The standard InChI is InChI=1S/C21H27N3O3/c1-27-16-5-3-2-4-14(16)15-12-24(20(26)21(8-9-21)19(22)25)17-13-6-10-23(11-7-13)18(15)17/h2-5,13,15,17-18H,6-12H2,1H3,(H2,22,25)/t15-,17-,18-/m0/s1. The molecule has 4 heterocycles. The Bertz CT molecular complexity index is 783. The zero-order chi connectivity index (χ0) is 18.8. The van der Waals surface area contributed by atoms with Crippen LogP contribution in [0.15, 0.2) is 24.3 Å². The molecule has 1 aliphatic carbocycles. The van der Waals surface area contributed by atoms with E-state index in [1.54, 1.807) is 7.11 Å². The second-order valence-corrected chi connectivity index (χ2v) is 8.61. The van der Waals surface area contributed by atoms with E-state index in [-0.39, 0.29) is 17.9 Å². The lowest BCUT2D eigenvalue weighted by Gasteiger charge is -2.51. The Morgan fingerprint density at radius 1 is 1.15 bits per heavy atom. The van der Waals surface area contributed by atoms with E-state index < -0.39 is 11.3 Å². The third kappa shape index (κ3) is 2.35. The number of para-hydroxylation sites is 1. The lowest BCUT2D eigenvalue weighted by molar-refractivity contribution is -0.146. The Balaban J connectivity index is 1.54. The lowest BCUT2D eigenvalue weighted by Crippen LogP contribution is -2.61. The van der Waals surface area contributed by atoms with Gasteiger partial charge in [0.15, 0.2) is 0 Å². The zero-order valence-corrected chi connectivity index (χ0v) is 15.8. The van der Waals surface area contributed by atoms with Crippen LogP contribution < -0.4 is 10.5 Å². The van der Waals surface area contributed by atoms with Crippen LogP contribution in [-0.2, 0) is 9.59 Å². The van der Waals surface area contributed by atoms with Gasteiger partial charge in [0.25, 0.3) is 0 Å². The lowest BCUT2D eigenvalue weighted by atomic mass is 9.75. The molecule has 4 aliphatic heterocycles. The second-order valence-electron chi connectivity index (χ2n) is 8.61. The predicted octanol–water partition coefficient (Wildman–Crippen LogP) is 1.35. The van der Waals surface area contributed by atoms with Gasteiger partial charge < -0.3 is 15.4 Å². The maximum Gasteiger partial charge on any atom is 0.238 e. The molecule has 1 aromatic carbocycles. The first-order chi connectivity index (χ1) is 13.1. The number of hydrogen-bond donors (Lipinski definition) is 1. The summed E-state index contributed by atoms with van der Waals surface area (Å²) >= 11 is 0. The minimum absolute atomic E-state index is 0.0313. The number of nitrogens with two attached hydrogens (primary N) is 1. The average Bonchev–Trinajstić information content (AvgIpc) is 3.42. The van der Waals surface area contributed by atoms with Crippen molar-refractivity contribution in [2.24, 2.45) is 17.1 Å². The van der Waals surface area contributed by atoms with Crippen LogP contribution in [-0.4, -0.2) is 60.4 Å². The molecule has 5 aliphatic rings. The highest BCUT2D eigenvalue weighted by atomic mass is 16.5. The number of likely N-dealkylation sites (tertiary alicyclic amines) is 1. The number of primary amides is 1. The first-order valence-corrected chi connectivity index (χ1v) is 10.0. The molecule has 3 atom stereocenters. The van der Waals surface area contributed by atoms with Crippen LogP contribution in [0.3, 0.4) is 0 Å². The number of hydrogen-bond acceptors (Lipinski definition) is 4. The van der Waals surface area contributed by atoms with Crippen LogP contribution in [0, 0.1) is 11.3 Å². The Kier molecular flexibility index (Phi) is 3.76. The molecule has 4 saturated heterocycles. The minimum Gasteiger partial charge on any atom is -0.496 e. The topological polar surface area (TPSA) is 75.9 Å². The molecule has 0 spiro atoms. The molecule has 2 bridgehead atoms. The molecule has 0 aromatic heterocycles. The summed E-state index contributed by atoms with van der Waals surface area (Å²) in [5.74, 6) is 1.13. The number of ether oxygens (including phenoxy) is 1. The van der Waals surface area contributed by atoms with E-state index in [1.165, 1.54) is 5.56 Å². The molecular weight excluding hydrogens is 342 g/mol. The summed E-state index contributed by atoms with van der Waals surface area (Å²) in [4.78, 5) is 30.0. The van der Waals surface area contributed by atoms with Gasteiger partial charge in [-0.25, -0.2) is 0 Å². The van der Waals surface area contributed by atoms with E-state index in [9.17, 15) is 9.59 Å². The van der Waals surface area contributed by atoms with E-state index in [0.29, 0.717) is 31.3 Å². The molecule has 1 saturated carbocycles. The highest BCUT2D eigenvalue weighted by Crippen LogP contribution is 2.53. The van der Waals surface area contributed by atoms with Crippen molar-refractivity contribution < 1.29 is 14.3 Å². The fraction of sp³-hybridized carbons (Fsp3) is 0.619. The maximum absolute atomic E-state index is 13.4. The molecule has 6 nitrogen and oxygen atoms in total. The zero-order valence-electron chi connectivity index (χ0n) is 15.8. The van der Waals surface area contributed by atoms with Gasteiger partial charge in [0.05, 0.1) is 13.2 Å². The number of amides is 2. The first kappa shape index (κ1) is 17.0. The number of carbonyl (C=O) groups is 2. The summed E-state index contributed by atoms with van der Waals surface area (Å²) in [6.45, 7) is 2.84. The Morgan fingerprint density at radius 3 is 2.48 bits per heavy atom. The van der Waals surface area contributed by atoms with Gasteiger partial charge >= 0.3 is 0 Å². The summed E-state index contributed by atoms with van der Waals surface area (Å²) < 4.78 is 5.64. The Morgan fingerprint density at radius 2 is 1.85 bits per heavy atom. The molecule has 0 unspecified atom stereocenters. The van der Waals surface area contributed by atoms with Crippen molar-refractivity contribution in [2.45, 2.75) is 43.7 Å². The molecular formula is C21H27N3O3. The summed E-state index contributed by atoms with van der Waals surface area (Å²) in [6.07, 6.45) is 3.46. The number of benzene rings is 1. The maximum atomic E-state index is 13.4. The number of nitrogens with zero attached hydrogens (tertiary/aromatic N) is 2. The third-order valence-corrected chi connectivity index (χ3v) is 7.42. The Hall–Kier alpha value is -2.08. The van der Waals surface area contributed by atoms with E-state index in [2.05, 4.69) is 11.0 Å². The monoisotopic (exact) mass is 369 g/mol. The van der Waals surface area contributed by atoms with Crippen molar-refractivity contribution in [1.29, 1.82) is 0 Å². The molecule has 144 valence electrons. The van der Waals surface area contributed by atoms with Crippen LogP contribution in [0.4, 0.5) is 0 Å². The van der Waals surface area contributed by atoms with Gasteiger partial charge in [-0.3, -0.25) is 14.5 Å². The van der Waals surface area contributed by atoms with E-state index >= 15 is 0 Å². The summed E-state index contributed by atoms with van der Waals surface area (Å²) in [5, 5.41) is 0. The van der Waals surface area contributed by atoms with Crippen molar-refractivity contribution in [1.82, 2.24) is 9.80 Å². The smallest absolute Gasteiger partial charge is 0.238 e. The molecule has 6 rings (SSSR count). The van der Waals surface area contributed by atoms with Gasteiger partial charge in [0, 0.05) is 24.1 Å². The van der Waals surface area contributed by atoms with Crippen molar-refractivity contribution >= 4 is 11.8 Å². The predicted molar refractivity (Wildman–Crippen MR) is 100 cm³/mol. The van der Waals surface area contributed by atoms with Gasteiger partial charge in [-0.15, -0.1) is 0 Å². The average molecular weight is 369 g/mol. The van der Waals surface area contributed by atoms with E-state index in [1.807, 2.05) is 23.1 Å². The summed E-state index contributed by atoms with van der Waals surface area (Å²) in [7, 11) is 1.70. The molecule has 0 radical (unpaired) electrons. The fourth-order valence-corrected chi connectivity index (χ4v) is 5.87. The highest BCUT2D eigenvalue weighted by Gasteiger charge is 2.62. The molecule has 1 aromatic rings. The number of carbonyl (C=O) groups excluding carboxylic acids is 2. The number of rotatable bonds is 4. The number of piperidine rings is 3. The quantitative estimate of drug-likeness (QED) is 0.813. The molecule has 5 fully saturated rings. The van der Waals surface area contributed by atoms with Crippen LogP contribution >= 0.6 is 0 Å². The van der Waals surface area contributed by atoms with Crippen LogP contribution in [0.5, 0.6) is 5.75 Å².